The molecular weight excluding hydrogens is 418 g/mol. The minimum absolute atomic E-state index is 0.227. The molecule has 2 aliphatic heterocycles. The zero-order valence-corrected chi connectivity index (χ0v) is 19.0. The second kappa shape index (κ2) is 7.95. The smallest absolute Gasteiger partial charge is 0.263 e. The third kappa shape index (κ3) is 3.61. The van der Waals surface area contributed by atoms with Gasteiger partial charge in [-0.05, 0) is 49.6 Å². The van der Waals surface area contributed by atoms with E-state index in [1.165, 1.54) is 9.91 Å². The lowest BCUT2D eigenvalue weighted by molar-refractivity contribution is -0.123. The lowest BCUT2D eigenvalue weighted by atomic mass is 10.0. The van der Waals surface area contributed by atoms with Gasteiger partial charge in [0.2, 0.25) is 5.89 Å². The van der Waals surface area contributed by atoms with Crippen LogP contribution in [-0.2, 0) is 16.1 Å². The van der Waals surface area contributed by atoms with Crippen LogP contribution in [0.25, 0.3) is 11.5 Å². The number of amides is 2. The second-order valence-electron chi connectivity index (χ2n) is 8.84. The van der Waals surface area contributed by atoms with Crippen molar-refractivity contribution in [2.45, 2.75) is 52.2 Å². The van der Waals surface area contributed by atoms with E-state index in [2.05, 4.69) is 29.2 Å². The molecule has 1 saturated heterocycles. The Morgan fingerprint density at radius 3 is 2.33 bits per heavy atom. The second-order valence-corrected chi connectivity index (χ2v) is 8.84. The first-order valence-electron chi connectivity index (χ1n) is 11.0. The standard InChI is InChI=1S/C25H25N5O3/c1-14(2)17-9-11-19(12-10-17)30-24(31)21-22(25(30)32)29(28-27-21)13-20-16(4)33-23(26-20)18-7-5-15(3)6-8-18/h5-12,14,21-22H,13H2,1-4H3. The van der Waals surface area contributed by atoms with Gasteiger partial charge in [0.05, 0.1) is 12.2 Å². The first-order chi connectivity index (χ1) is 15.8. The van der Waals surface area contributed by atoms with Crippen molar-refractivity contribution in [3.63, 3.8) is 0 Å². The molecule has 2 atom stereocenters. The van der Waals surface area contributed by atoms with Gasteiger partial charge in [0, 0.05) is 5.56 Å². The summed E-state index contributed by atoms with van der Waals surface area (Å²) in [5.41, 5.74) is 4.38. The molecule has 0 saturated carbocycles. The van der Waals surface area contributed by atoms with E-state index in [9.17, 15) is 9.59 Å². The van der Waals surface area contributed by atoms with E-state index < -0.39 is 12.1 Å². The molecule has 168 valence electrons. The van der Waals surface area contributed by atoms with Crippen LogP contribution in [0.15, 0.2) is 63.3 Å². The molecule has 1 aromatic heterocycles. The third-order valence-corrected chi connectivity index (χ3v) is 6.18. The Morgan fingerprint density at radius 1 is 0.970 bits per heavy atom. The van der Waals surface area contributed by atoms with Crippen molar-refractivity contribution in [3.8, 4) is 11.5 Å². The van der Waals surface area contributed by atoms with Crippen LogP contribution in [0.5, 0.6) is 0 Å². The van der Waals surface area contributed by atoms with Crippen molar-refractivity contribution in [3.05, 3.63) is 71.1 Å². The summed E-state index contributed by atoms with van der Waals surface area (Å²) in [5, 5.41) is 9.78. The molecule has 5 rings (SSSR count). The van der Waals surface area contributed by atoms with Gasteiger partial charge in [-0.25, -0.2) is 9.88 Å². The quantitative estimate of drug-likeness (QED) is 0.539. The van der Waals surface area contributed by atoms with Gasteiger partial charge >= 0.3 is 0 Å². The van der Waals surface area contributed by atoms with E-state index in [4.69, 9.17) is 4.42 Å². The lowest BCUT2D eigenvalue weighted by Crippen LogP contribution is -2.39. The van der Waals surface area contributed by atoms with Crippen LogP contribution in [0.1, 0.15) is 42.3 Å². The minimum atomic E-state index is -0.842. The molecular formula is C25H25N5O3. The molecule has 2 aliphatic rings. The van der Waals surface area contributed by atoms with Crippen LogP contribution < -0.4 is 4.90 Å². The number of imide groups is 1. The van der Waals surface area contributed by atoms with E-state index in [1.54, 1.807) is 0 Å². The number of aromatic nitrogens is 1. The summed E-state index contributed by atoms with van der Waals surface area (Å²) in [6.45, 7) is 8.27. The van der Waals surface area contributed by atoms with Gasteiger partial charge in [0.1, 0.15) is 11.5 Å². The Kier molecular flexibility index (Phi) is 5.08. The number of carbonyl (C=O) groups is 2. The zero-order chi connectivity index (χ0) is 23.3. The largest absolute Gasteiger partial charge is 0.441 e. The Bertz CT molecular complexity index is 1240. The summed E-state index contributed by atoms with van der Waals surface area (Å²) < 4.78 is 5.86. The average Bonchev–Trinajstić information content (AvgIpc) is 3.45. The number of oxazole rings is 1. The Balaban J connectivity index is 1.37. The van der Waals surface area contributed by atoms with Gasteiger partial charge in [0.15, 0.2) is 12.1 Å². The highest BCUT2D eigenvalue weighted by Crippen LogP contribution is 2.34. The molecule has 2 aromatic carbocycles. The fraction of sp³-hybridized carbons (Fsp3) is 0.320. The molecule has 3 heterocycles. The molecule has 0 aliphatic carbocycles. The van der Waals surface area contributed by atoms with Crippen molar-refractivity contribution in [1.29, 1.82) is 0 Å². The topological polar surface area (TPSA) is 91.4 Å². The third-order valence-electron chi connectivity index (χ3n) is 6.18. The molecule has 8 heteroatoms. The highest BCUT2D eigenvalue weighted by Gasteiger charge is 2.54. The van der Waals surface area contributed by atoms with Gasteiger partial charge in [-0.3, -0.25) is 14.6 Å². The summed E-state index contributed by atoms with van der Waals surface area (Å²) >= 11 is 0. The van der Waals surface area contributed by atoms with Crippen LogP contribution in [0.4, 0.5) is 5.69 Å². The number of fused-ring (bicyclic) bond motifs is 1. The average molecular weight is 444 g/mol. The number of hydrogen-bond acceptors (Lipinski definition) is 7. The maximum atomic E-state index is 13.3. The number of carbonyl (C=O) groups excluding carboxylic acids is 2. The highest BCUT2D eigenvalue weighted by molar-refractivity contribution is 6.25. The van der Waals surface area contributed by atoms with Crippen LogP contribution in [-0.4, -0.2) is 33.9 Å². The van der Waals surface area contributed by atoms with Gasteiger partial charge < -0.3 is 4.42 Å². The minimum Gasteiger partial charge on any atom is -0.441 e. The first-order valence-corrected chi connectivity index (χ1v) is 11.0. The van der Waals surface area contributed by atoms with E-state index in [0.29, 0.717) is 29.0 Å². The molecule has 0 radical (unpaired) electrons. The van der Waals surface area contributed by atoms with E-state index in [0.717, 1.165) is 16.7 Å². The van der Waals surface area contributed by atoms with Crippen molar-refractivity contribution < 1.29 is 14.0 Å². The van der Waals surface area contributed by atoms with Crippen molar-refractivity contribution in [1.82, 2.24) is 9.99 Å². The molecule has 8 nitrogen and oxygen atoms in total. The summed E-state index contributed by atoms with van der Waals surface area (Å²) in [6.07, 6.45) is 0. The number of hydrogen-bond donors (Lipinski definition) is 0. The molecule has 0 spiro atoms. The van der Waals surface area contributed by atoms with Gasteiger partial charge in [-0.1, -0.05) is 48.9 Å². The molecule has 3 aromatic rings. The number of benzene rings is 2. The van der Waals surface area contributed by atoms with Crippen LogP contribution in [0.2, 0.25) is 0 Å². The molecule has 2 amide bonds. The monoisotopic (exact) mass is 443 g/mol. The lowest BCUT2D eigenvalue weighted by Gasteiger charge is -2.20. The summed E-state index contributed by atoms with van der Waals surface area (Å²) in [5.74, 6) is 0.833. The SMILES string of the molecule is Cc1ccc(-c2nc(CN3N=NC4C(=O)N(c5ccc(C(C)C)cc5)C(=O)C43)c(C)o2)cc1. The summed E-state index contributed by atoms with van der Waals surface area (Å²) in [4.78, 5) is 32.1. The maximum Gasteiger partial charge on any atom is 0.263 e. The van der Waals surface area contributed by atoms with E-state index in [1.807, 2.05) is 62.4 Å². The van der Waals surface area contributed by atoms with Crippen LogP contribution in [0.3, 0.4) is 0 Å². The number of rotatable bonds is 5. The number of aryl methyl sites for hydroxylation is 2. The summed E-state index contributed by atoms with van der Waals surface area (Å²) in [6, 6.07) is 13.8. The fourth-order valence-corrected chi connectivity index (χ4v) is 4.16. The van der Waals surface area contributed by atoms with E-state index >= 15 is 0 Å². The molecule has 33 heavy (non-hydrogen) atoms. The fourth-order valence-electron chi connectivity index (χ4n) is 4.16. The predicted molar refractivity (Wildman–Crippen MR) is 122 cm³/mol. The van der Waals surface area contributed by atoms with Crippen LogP contribution in [0, 0.1) is 13.8 Å². The number of nitrogens with zero attached hydrogens (tertiary/aromatic N) is 5. The van der Waals surface area contributed by atoms with E-state index in [-0.39, 0.29) is 18.4 Å². The Morgan fingerprint density at radius 2 is 1.67 bits per heavy atom. The molecule has 0 N–H and O–H groups in total. The van der Waals surface area contributed by atoms with Gasteiger partial charge in [-0.15, -0.1) is 0 Å². The normalized spacial score (nSPS) is 19.8. The van der Waals surface area contributed by atoms with Crippen LogP contribution >= 0.6 is 0 Å². The molecule has 2 unspecified atom stereocenters. The highest BCUT2D eigenvalue weighted by atomic mass is 16.4. The molecule has 0 bridgehead atoms. The van der Waals surface area contributed by atoms with Crippen molar-refractivity contribution in [2.75, 3.05) is 4.90 Å². The predicted octanol–water partition coefficient (Wildman–Crippen LogP) is 4.58. The van der Waals surface area contributed by atoms with Crippen molar-refractivity contribution >= 4 is 17.5 Å². The van der Waals surface area contributed by atoms with Gasteiger partial charge in [0.25, 0.3) is 11.8 Å². The van der Waals surface area contributed by atoms with Crippen molar-refractivity contribution in [2.24, 2.45) is 10.3 Å². The Labute approximate surface area is 191 Å². The Hall–Kier alpha value is -3.81. The van der Waals surface area contributed by atoms with Gasteiger partial charge in [-0.2, -0.15) is 5.11 Å². The maximum absolute atomic E-state index is 13.3. The zero-order valence-electron chi connectivity index (χ0n) is 19.0. The molecule has 1 fully saturated rings. The number of anilines is 1. The first kappa shape index (κ1) is 21.1. The summed E-state index contributed by atoms with van der Waals surface area (Å²) in [7, 11) is 0.